The Morgan fingerprint density at radius 3 is 2.67 bits per heavy atom. The SMILES string of the molecule is CCCN1CC(NC(=O)OCc2ccccc2)CC(C(=O)OC)C1. The second kappa shape index (κ2) is 9.27. The second-order valence-corrected chi connectivity index (χ2v) is 6.12. The van der Waals surface area contributed by atoms with Gasteiger partial charge in [-0.05, 0) is 24.9 Å². The maximum absolute atomic E-state index is 12.0. The number of nitrogens with one attached hydrogen (secondary N) is 1. The molecule has 1 amide bonds. The molecule has 1 aromatic rings. The number of nitrogens with zero attached hydrogens (tertiary/aromatic N) is 1. The third kappa shape index (κ3) is 5.53. The molecule has 2 atom stereocenters. The number of piperidine rings is 1. The van der Waals surface area contributed by atoms with Crippen LogP contribution < -0.4 is 5.32 Å². The zero-order valence-electron chi connectivity index (χ0n) is 14.4. The first-order valence-electron chi connectivity index (χ1n) is 8.39. The van der Waals surface area contributed by atoms with E-state index in [0.29, 0.717) is 13.0 Å². The quantitative estimate of drug-likeness (QED) is 0.808. The van der Waals surface area contributed by atoms with Crippen LogP contribution in [0.4, 0.5) is 4.79 Å². The Bertz CT molecular complexity index is 535. The van der Waals surface area contributed by atoms with Gasteiger partial charge in [-0.15, -0.1) is 0 Å². The molecule has 132 valence electrons. The molecule has 0 bridgehead atoms. The van der Waals surface area contributed by atoms with Gasteiger partial charge in [0.15, 0.2) is 0 Å². The highest BCUT2D eigenvalue weighted by atomic mass is 16.5. The first kappa shape index (κ1) is 18.3. The molecule has 0 spiro atoms. The van der Waals surface area contributed by atoms with Gasteiger partial charge in [-0.25, -0.2) is 4.79 Å². The van der Waals surface area contributed by atoms with Crippen molar-refractivity contribution >= 4 is 12.1 Å². The Kier molecular flexibility index (Phi) is 7.06. The lowest BCUT2D eigenvalue weighted by Gasteiger charge is -2.36. The van der Waals surface area contributed by atoms with Crippen molar-refractivity contribution < 1.29 is 19.1 Å². The summed E-state index contributed by atoms with van der Waals surface area (Å²) >= 11 is 0. The van der Waals surface area contributed by atoms with Gasteiger partial charge in [0.25, 0.3) is 0 Å². The van der Waals surface area contributed by atoms with Gasteiger partial charge in [0.05, 0.1) is 13.0 Å². The number of rotatable bonds is 6. The van der Waals surface area contributed by atoms with Crippen molar-refractivity contribution in [2.45, 2.75) is 32.4 Å². The Labute approximate surface area is 143 Å². The number of hydrogen-bond acceptors (Lipinski definition) is 5. The summed E-state index contributed by atoms with van der Waals surface area (Å²) in [6.07, 6.45) is 1.12. The number of carbonyl (C=O) groups excluding carboxylic acids is 2. The van der Waals surface area contributed by atoms with E-state index in [1.807, 2.05) is 30.3 Å². The monoisotopic (exact) mass is 334 g/mol. The lowest BCUT2D eigenvalue weighted by Crippen LogP contribution is -2.52. The molecule has 0 radical (unpaired) electrons. The second-order valence-electron chi connectivity index (χ2n) is 6.12. The van der Waals surface area contributed by atoms with E-state index in [9.17, 15) is 9.59 Å². The number of amides is 1. The van der Waals surface area contributed by atoms with Gasteiger partial charge >= 0.3 is 12.1 Å². The van der Waals surface area contributed by atoms with Gasteiger partial charge in [-0.1, -0.05) is 37.3 Å². The highest BCUT2D eigenvalue weighted by molar-refractivity contribution is 5.73. The van der Waals surface area contributed by atoms with Crippen molar-refractivity contribution in [2.24, 2.45) is 5.92 Å². The average Bonchev–Trinajstić information content (AvgIpc) is 2.60. The molecule has 6 heteroatoms. The normalized spacial score (nSPS) is 21.1. The molecule has 1 heterocycles. The minimum Gasteiger partial charge on any atom is -0.469 e. The molecule has 1 aliphatic rings. The smallest absolute Gasteiger partial charge is 0.407 e. The van der Waals surface area contributed by atoms with Crippen molar-refractivity contribution in [3.05, 3.63) is 35.9 Å². The standard InChI is InChI=1S/C18H26N2O4/c1-3-9-20-11-15(17(21)23-2)10-16(12-20)19-18(22)24-13-14-7-5-4-6-8-14/h4-8,15-16H,3,9-13H2,1-2H3,(H,19,22). The highest BCUT2D eigenvalue weighted by Crippen LogP contribution is 2.19. The summed E-state index contributed by atoms with van der Waals surface area (Å²) in [7, 11) is 1.40. The molecule has 24 heavy (non-hydrogen) atoms. The van der Waals surface area contributed by atoms with Crippen molar-refractivity contribution in [3.63, 3.8) is 0 Å². The molecular weight excluding hydrogens is 308 g/mol. The number of benzene rings is 1. The van der Waals surface area contributed by atoms with Crippen LogP contribution in [0.3, 0.4) is 0 Å². The number of ether oxygens (including phenoxy) is 2. The van der Waals surface area contributed by atoms with Crippen LogP contribution in [0.2, 0.25) is 0 Å². The van der Waals surface area contributed by atoms with Crippen LogP contribution in [0.15, 0.2) is 30.3 Å². The average molecular weight is 334 g/mol. The molecule has 0 aromatic heterocycles. The van der Waals surface area contributed by atoms with Crippen molar-refractivity contribution in [1.82, 2.24) is 10.2 Å². The first-order chi connectivity index (χ1) is 11.6. The number of carbonyl (C=O) groups is 2. The zero-order valence-corrected chi connectivity index (χ0v) is 14.4. The number of alkyl carbamates (subject to hydrolysis) is 1. The Hall–Kier alpha value is -2.08. The molecule has 0 aliphatic carbocycles. The predicted molar refractivity (Wildman–Crippen MR) is 90.4 cm³/mol. The summed E-state index contributed by atoms with van der Waals surface area (Å²) < 4.78 is 10.1. The lowest BCUT2D eigenvalue weighted by molar-refractivity contribution is -0.147. The minimum atomic E-state index is -0.453. The van der Waals surface area contributed by atoms with Crippen LogP contribution >= 0.6 is 0 Å². The summed E-state index contributed by atoms with van der Waals surface area (Å²) in [5.41, 5.74) is 0.941. The molecular formula is C18H26N2O4. The third-order valence-electron chi connectivity index (χ3n) is 4.14. The fraction of sp³-hybridized carbons (Fsp3) is 0.556. The summed E-state index contributed by atoms with van der Waals surface area (Å²) in [4.78, 5) is 26.1. The van der Waals surface area contributed by atoms with Gasteiger partial charge in [-0.3, -0.25) is 4.79 Å². The van der Waals surface area contributed by atoms with Gasteiger partial charge in [0.2, 0.25) is 0 Å². The zero-order chi connectivity index (χ0) is 17.4. The third-order valence-corrected chi connectivity index (χ3v) is 4.14. The maximum Gasteiger partial charge on any atom is 0.407 e. The topological polar surface area (TPSA) is 67.9 Å². The first-order valence-corrected chi connectivity index (χ1v) is 8.39. The van der Waals surface area contributed by atoms with E-state index < -0.39 is 6.09 Å². The Balaban J connectivity index is 1.86. The van der Waals surface area contributed by atoms with Gasteiger partial charge in [0.1, 0.15) is 6.61 Å². The molecule has 2 unspecified atom stereocenters. The highest BCUT2D eigenvalue weighted by Gasteiger charge is 2.32. The Morgan fingerprint density at radius 2 is 2.00 bits per heavy atom. The van der Waals surface area contributed by atoms with Crippen molar-refractivity contribution in [2.75, 3.05) is 26.7 Å². The van der Waals surface area contributed by atoms with E-state index in [2.05, 4.69) is 17.1 Å². The molecule has 1 N–H and O–H groups in total. The molecule has 2 rings (SSSR count). The van der Waals surface area contributed by atoms with E-state index in [1.165, 1.54) is 7.11 Å². The molecule has 1 saturated heterocycles. The van der Waals surface area contributed by atoms with Gasteiger partial charge < -0.3 is 19.7 Å². The number of likely N-dealkylation sites (tertiary alicyclic amines) is 1. The molecule has 0 saturated carbocycles. The summed E-state index contributed by atoms with van der Waals surface area (Å²) in [6.45, 7) is 4.63. The largest absolute Gasteiger partial charge is 0.469 e. The van der Waals surface area contributed by atoms with Crippen LogP contribution in [0.25, 0.3) is 0 Å². The van der Waals surface area contributed by atoms with Crippen LogP contribution in [0, 0.1) is 5.92 Å². The van der Waals surface area contributed by atoms with Gasteiger partial charge in [0, 0.05) is 19.1 Å². The van der Waals surface area contributed by atoms with Gasteiger partial charge in [-0.2, -0.15) is 0 Å². The Morgan fingerprint density at radius 1 is 1.25 bits per heavy atom. The minimum absolute atomic E-state index is 0.113. The van der Waals surface area contributed by atoms with Crippen LogP contribution in [0.5, 0.6) is 0 Å². The fourth-order valence-corrected chi connectivity index (χ4v) is 3.06. The lowest BCUT2D eigenvalue weighted by atomic mass is 9.94. The van der Waals surface area contributed by atoms with Crippen LogP contribution in [0.1, 0.15) is 25.3 Å². The van der Waals surface area contributed by atoms with E-state index in [4.69, 9.17) is 9.47 Å². The predicted octanol–water partition coefficient (Wildman–Crippen LogP) is 2.19. The summed E-state index contributed by atoms with van der Waals surface area (Å²) in [5, 5.41) is 2.88. The van der Waals surface area contributed by atoms with E-state index in [-0.39, 0.29) is 24.5 Å². The fourth-order valence-electron chi connectivity index (χ4n) is 3.06. The van der Waals surface area contributed by atoms with E-state index in [0.717, 1.165) is 25.1 Å². The summed E-state index contributed by atoms with van der Waals surface area (Å²) in [5.74, 6) is -0.435. The van der Waals surface area contributed by atoms with Crippen LogP contribution in [-0.4, -0.2) is 49.7 Å². The number of hydrogen-bond donors (Lipinski definition) is 1. The molecule has 1 aliphatic heterocycles. The number of methoxy groups -OCH3 is 1. The molecule has 1 fully saturated rings. The maximum atomic E-state index is 12.0. The molecule has 6 nitrogen and oxygen atoms in total. The van der Waals surface area contributed by atoms with E-state index >= 15 is 0 Å². The summed E-state index contributed by atoms with van der Waals surface area (Å²) in [6, 6.07) is 9.43. The van der Waals surface area contributed by atoms with Crippen LogP contribution in [-0.2, 0) is 20.9 Å². The van der Waals surface area contributed by atoms with E-state index in [1.54, 1.807) is 0 Å². The van der Waals surface area contributed by atoms with Crippen molar-refractivity contribution in [1.29, 1.82) is 0 Å². The van der Waals surface area contributed by atoms with Crippen molar-refractivity contribution in [3.8, 4) is 0 Å². The molecule has 1 aromatic carbocycles. The number of esters is 1.